The number of fused-ring (bicyclic) bond motifs is 1. The molecule has 3 aromatic rings. The van der Waals surface area contributed by atoms with E-state index < -0.39 is 18.3 Å². The maximum atomic E-state index is 14.4. The number of hydrogen-bond acceptors (Lipinski definition) is 4. The molecule has 0 radical (unpaired) electrons. The van der Waals surface area contributed by atoms with Gasteiger partial charge in [-0.3, -0.25) is 14.9 Å². The van der Waals surface area contributed by atoms with Crippen LogP contribution in [0.1, 0.15) is 17.5 Å². The summed E-state index contributed by atoms with van der Waals surface area (Å²) < 4.78 is 32.9. The van der Waals surface area contributed by atoms with Crippen LogP contribution < -0.4 is 10.2 Å². The Hall–Kier alpha value is -3.23. The fourth-order valence-corrected chi connectivity index (χ4v) is 3.63. The molecule has 0 atom stereocenters. The van der Waals surface area contributed by atoms with Gasteiger partial charge in [-0.1, -0.05) is 12.1 Å². The van der Waals surface area contributed by atoms with Crippen LogP contribution in [0.3, 0.4) is 0 Å². The summed E-state index contributed by atoms with van der Waals surface area (Å²) in [6.07, 6.45) is 4.84. The van der Waals surface area contributed by atoms with Crippen LogP contribution in [0.4, 0.5) is 8.78 Å². The Bertz CT molecular complexity index is 1110. The molecule has 0 aliphatic carbocycles. The summed E-state index contributed by atoms with van der Waals surface area (Å²) in [5, 5.41) is 9.45. The van der Waals surface area contributed by atoms with Gasteiger partial charge in [0.1, 0.15) is 17.4 Å². The second-order valence-corrected chi connectivity index (χ2v) is 7.18. The Morgan fingerprint density at radius 3 is 2.83 bits per heavy atom. The van der Waals surface area contributed by atoms with E-state index in [1.807, 2.05) is 6.20 Å². The zero-order valence-electron chi connectivity index (χ0n) is 16.1. The summed E-state index contributed by atoms with van der Waals surface area (Å²) >= 11 is 0. The first-order valence-corrected chi connectivity index (χ1v) is 9.56. The molecule has 0 unspecified atom stereocenters. The summed E-state index contributed by atoms with van der Waals surface area (Å²) in [7, 11) is 0. The highest BCUT2D eigenvalue weighted by Gasteiger charge is 2.17. The fourth-order valence-electron chi connectivity index (χ4n) is 3.63. The summed E-state index contributed by atoms with van der Waals surface area (Å²) in [5.41, 5.74) is 5.02. The normalized spacial score (nSPS) is 14.6. The van der Waals surface area contributed by atoms with Crippen molar-refractivity contribution in [2.24, 2.45) is 0 Å². The van der Waals surface area contributed by atoms with Crippen molar-refractivity contribution in [2.45, 2.75) is 13.0 Å². The highest BCUT2D eigenvalue weighted by molar-refractivity contribution is 5.92. The smallest absolute Gasteiger partial charge is 0.281 e. The maximum absolute atomic E-state index is 14.4. The zero-order valence-corrected chi connectivity index (χ0v) is 16.1. The number of aromatic nitrogens is 1. The predicted octanol–water partition coefficient (Wildman–Crippen LogP) is 3.62. The zero-order chi connectivity index (χ0) is 21.1. The van der Waals surface area contributed by atoms with E-state index in [0.29, 0.717) is 18.7 Å². The van der Waals surface area contributed by atoms with E-state index in [1.54, 1.807) is 18.2 Å². The number of nitrogens with one attached hydrogen (secondary N) is 2. The Balaban J connectivity index is 1.40. The molecule has 0 bridgehead atoms. The van der Waals surface area contributed by atoms with Gasteiger partial charge in [0.05, 0.1) is 0 Å². The van der Waals surface area contributed by atoms with E-state index in [4.69, 9.17) is 9.94 Å². The van der Waals surface area contributed by atoms with E-state index in [-0.39, 0.29) is 11.6 Å². The van der Waals surface area contributed by atoms with Crippen molar-refractivity contribution < 1.29 is 23.5 Å². The molecule has 3 N–H and O–H groups in total. The molecule has 0 spiro atoms. The van der Waals surface area contributed by atoms with Crippen molar-refractivity contribution in [3.05, 3.63) is 71.4 Å². The Morgan fingerprint density at radius 2 is 2.10 bits per heavy atom. The van der Waals surface area contributed by atoms with Crippen LogP contribution in [0.5, 0.6) is 5.75 Å². The average molecular weight is 413 g/mol. The minimum Gasteiger partial charge on any atom is -0.484 e. The third-order valence-corrected chi connectivity index (χ3v) is 5.20. The molecule has 0 fully saturated rings. The highest BCUT2D eigenvalue weighted by atomic mass is 19.1. The molecule has 0 saturated heterocycles. The number of hydroxylamine groups is 1. The molecule has 1 amide bonds. The standard InChI is InChI=1S/C22H21F2N3O3/c23-16-2-4-18-19(11-25-21(18)9-16)14-5-7-27(8-6-14)12-15-1-3-17(10-20(15)24)30-13-22(28)26-29/h1-5,9-11,25,29H,6-8,12-13H2,(H,26,28). The SMILES string of the molecule is O=C(COc1ccc(CN2CC=C(c3c[nH]c4cc(F)ccc34)CC2)c(F)c1)NO. The lowest BCUT2D eigenvalue weighted by Gasteiger charge is -2.26. The molecule has 0 saturated carbocycles. The molecule has 2 heterocycles. The monoisotopic (exact) mass is 413 g/mol. The second kappa shape index (κ2) is 8.64. The van der Waals surface area contributed by atoms with Gasteiger partial charge < -0.3 is 9.72 Å². The molecule has 30 heavy (non-hydrogen) atoms. The number of benzene rings is 2. The van der Waals surface area contributed by atoms with Crippen LogP contribution in [-0.4, -0.2) is 40.7 Å². The van der Waals surface area contributed by atoms with Crippen molar-refractivity contribution in [3.8, 4) is 5.75 Å². The molecule has 4 rings (SSSR count). The second-order valence-electron chi connectivity index (χ2n) is 7.18. The van der Waals surface area contributed by atoms with Crippen molar-refractivity contribution in [3.63, 3.8) is 0 Å². The van der Waals surface area contributed by atoms with Crippen LogP contribution in [-0.2, 0) is 11.3 Å². The lowest BCUT2D eigenvalue weighted by molar-refractivity contribution is -0.131. The van der Waals surface area contributed by atoms with Crippen LogP contribution in [0, 0.1) is 11.6 Å². The Kier molecular flexibility index (Phi) is 5.78. The number of carbonyl (C=O) groups excluding carboxylic acids is 1. The van der Waals surface area contributed by atoms with E-state index >= 15 is 0 Å². The minimum absolute atomic E-state index is 0.219. The first-order valence-electron chi connectivity index (χ1n) is 9.56. The number of nitrogens with zero attached hydrogens (tertiary/aromatic N) is 1. The molecule has 1 aromatic heterocycles. The number of H-pyrrole nitrogens is 1. The van der Waals surface area contributed by atoms with Gasteiger partial charge in [0.15, 0.2) is 6.61 Å². The number of amides is 1. The molecule has 156 valence electrons. The molecule has 2 aromatic carbocycles. The van der Waals surface area contributed by atoms with Gasteiger partial charge in [0, 0.05) is 53.9 Å². The summed E-state index contributed by atoms with van der Waals surface area (Å²) in [4.78, 5) is 16.2. The molecule has 1 aliphatic rings. The van der Waals surface area contributed by atoms with Crippen molar-refractivity contribution in [1.82, 2.24) is 15.4 Å². The van der Waals surface area contributed by atoms with Crippen LogP contribution in [0.15, 0.2) is 48.7 Å². The van der Waals surface area contributed by atoms with Gasteiger partial charge >= 0.3 is 0 Å². The van der Waals surface area contributed by atoms with Gasteiger partial charge in [-0.15, -0.1) is 0 Å². The van der Waals surface area contributed by atoms with Gasteiger partial charge in [0.2, 0.25) is 0 Å². The van der Waals surface area contributed by atoms with Crippen LogP contribution in [0.25, 0.3) is 16.5 Å². The van der Waals surface area contributed by atoms with Crippen molar-refractivity contribution >= 4 is 22.4 Å². The van der Waals surface area contributed by atoms with Crippen LogP contribution >= 0.6 is 0 Å². The largest absolute Gasteiger partial charge is 0.484 e. The quantitative estimate of drug-likeness (QED) is 0.426. The van der Waals surface area contributed by atoms with E-state index in [1.165, 1.54) is 29.3 Å². The Labute approximate surface area is 171 Å². The molecule has 8 heteroatoms. The highest BCUT2D eigenvalue weighted by Crippen LogP contribution is 2.30. The number of ether oxygens (including phenoxy) is 1. The van der Waals surface area contributed by atoms with Gasteiger partial charge in [-0.2, -0.15) is 0 Å². The number of rotatable bonds is 6. The van der Waals surface area contributed by atoms with E-state index in [0.717, 1.165) is 29.4 Å². The molecule has 6 nitrogen and oxygen atoms in total. The third kappa shape index (κ3) is 4.34. The van der Waals surface area contributed by atoms with Gasteiger partial charge in [-0.05, 0) is 36.3 Å². The molecular weight excluding hydrogens is 392 g/mol. The van der Waals surface area contributed by atoms with Gasteiger partial charge in [-0.25, -0.2) is 14.3 Å². The van der Waals surface area contributed by atoms with Crippen LogP contribution in [0.2, 0.25) is 0 Å². The number of halogens is 2. The number of carbonyl (C=O) groups is 1. The van der Waals surface area contributed by atoms with Crippen molar-refractivity contribution in [2.75, 3.05) is 19.7 Å². The predicted molar refractivity (Wildman–Crippen MR) is 108 cm³/mol. The van der Waals surface area contributed by atoms with E-state index in [2.05, 4.69) is 16.0 Å². The first-order chi connectivity index (χ1) is 14.5. The third-order valence-electron chi connectivity index (χ3n) is 5.20. The average Bonchev–Trinajstić information content (AvgIpc) is 3.17. The Morgan fingerprint density at radius 1 is 1.23 bits per heavy atom. The van der Waals surface area contributed by atoms with E-state index in [9.17, 15) is 13.6 Å². The molecule has 1 aliphatic heterocycles. The lowest BCUT2D eigenvalue weighted by Crippen LogP contribution is -2.28. The number of hydrogen-bond donors (Lipinski definition) is 3. The summed E-state index contributed by atoms with van der Waals surface area (Å²) in [6, 6.07) is 9.19. The fraction of sp³-hybridized carbons (Fsp3) is 0.227. The minimum atomic E-state index is -0.712. The topological polar surface area (TPSA) is 77.6 Å². The summed E-state index contributed by atoms with van der Waals surface area (Å²) in [5.74, 6) is -1.17. The summed E-state index contributed by atoms with van der Waals surface area (Å²) in [6.45, 7) is 1.51. The maximum Gasteiger partial charge on any atom is 0.281 e. The van der Waals surface area contributed by atoms with Crippen molar-refractivity contribution in [1.29, 1.82) is 0 Å². The lowest BCUT2D eigenvalue weighted by atomic mass is 9.98. The number of aromatic amines is 1. The molecular formula is C22H21F2N3O3. The first kappa shape index (κ1) is 20.1. The van der Waals surface area contributed by atoms with Gasteiger partial charge in [0.25, 0.3) is 5.91 Å².